The molecule has 1 aliphatic carbocycles. The van der Waals surface area contributed by atoms with E-state index in [2.05, 4.69) is 15.6 Å². The quantitative estimate of drug-likeness (QED) is 0.357. The highest BCUT2D eigenvalue weighted by molar-refractivity contribution is 5.79. The van der Waals surface area contributed by atoms with Crippen molar-refractivity contribution in [2.75, 3.05) is 19.6 Å². The standard InChI is InChI=1S/C15H23N3O6/c19-9-16-6-10-2-1-3-11(4-10)7-17-15(24)18-8-12(14(22)23)5-13(20)21/h10-12H,1-8H2,(H,20,21)(H,22,23)(H2,17,18,24). The Labute approximate surface area is 139 Å². The number of nitrogens with zero attached hydrogens (tertiary/aromatic N) is 1. The molecule has 0 radical (unpaired) electrons. The van der Waals surface area contributed by atoms with Crippen molar-refractivity contribution in [1.82, 2.24) is 10.6 Å². The van der Waals surface area contributed by atoms with Crippen LogP contribution >= 0.6 is 0 Å². The molecule has 4 N–H and O–H groups in total. The van der Waals surface area contributed by atoms with E-state index in [9.17, 15) is 19.2 Å². The molecule has 0 heterocycles. The van der Waals surface area contributed by atoms with Gasteiger partial charge in [0, 0.05) is 13.1 Å². The van der Waals surface area contributed by atoms with Gasteiger partial charge in [-0.25, -0.2) is 14.6 Å². The number of aliphatic imine (C=N–C) groups is 1. The number of carboxylic acids is 2. The molecule has 0 bridgehead atoms. The van der Waals surface area contributed by atoms with Crippen LogP contribution in [-0.2, 0) is 14.4 Å². The molecule has 0 aromatic rings. The van der Waals surface area contributed by atoms with Gasteiger partial charge in [0.25, 0.3) is 0 Å². The number of hydrogen-bond acceptors (Lipinski definition) is 5. The van der Waals surface area contributed by atoms with Gasteiger partial charge in [-0.2, -0.15) is 0 Å². The number of isocyanates is 1. The minimum Gasteiger partial charge on any atom is -0.481 e. The molecule has 0 saturated heterocycles. The molecule has 0 aliphatic heterocycles. The van der Waals surface area contributed by atoms with E-state index >= 15 is 0 Å². The van der Waals surface area contributed by atoms with Crippen LogP contribution in [0.15, 0.2) is 4.99 Å². The van der Waals surface area contributed by atoms with E-state index in [4.69, 9.17) is 10.2 Å². The van der Waals surface area contributed by atoms with Crippen molar-refractivity contribution in [3.05, 3.63) is 0 Å². The molecular weight excluding hydrogens is 318 g/mol. The summed E-state index contributed by atoms with van der Waals surface area (Å²) in [5, 5.41) is 22.6. The zero-order valence-electron chi connectivity index (χ0n) is 13.4. The molecule has 1 aliphatic rings. The van der Waals surface area contributed by atoms with E-state index in [0.29, 0.717) is 19.0 Å². The van der Waals surface area contributed by atoms with Gasteiger partial charge in [0.15, 0.2) is 0 Å². The van der Waals surface area contributed by atoms with Crippen molar-refractivity contribution >= 4 is 24.0 Å². The summed E-state index contributed by atoms with van der Waals surface area (Å²) in [6, 6.07) is -0.514. The van der Waals surface area contributed by atoms with E-state index in [0.717, 1.165) is 25.7 Å². The lowest BCUT2D eigenvalue weighted by Gasteiger charge is -2.28. The Morgan fingerprint density at radius 3 is 2.50 bits per heavy atom. The largest absolute Gasteiger partial charge is 0.481 e. The molecule has 3 unspecified atom stereocenters. The normalized spacial score (nSPS) is 21.2. The minimum absolute atomic E-state index is 0.241. The summed E-state index contributed by atoms with van der Waals surface area (Å²) in [4.78, 5) is 47.0. The van der Waals surface area contributed by atoms with Gasteiger partial charge in [0.05, 0.1) is 18.9 Å². The maximum Gasteiger partial charge on any atom is 0.314 e. The lowest BCUT2D eigenvalue weighted by Crippen LogP contribution is -2.42. The third-order valence-electron chi connectivity index (χ3n) is 4.14. The Hall–Kier alpha value is -2.41. The molecule has 24 heavy (non-hydrogen) atoms. The SMILES string of the molecule is O=C=NCC1CCCC(CNC(=O)NCC(CC(=O)O)C(=O)O)C1. The maximum atomic E-state index is 11.7. The van der Waals surface area contributed by atoms with Crippen LogP contribution in [0.5, 0.6) is 0 Å². The Balaban J connectivity index is 2.30. The van der Waals surface area contributed by atoms with Gasteiger partial charge in [-0.1, -0.05) is 6.42 Å². The van der Waals surface area contributed by atoms with Crippen LogP contribution in [0.4, 0.5) is 4.79 Å². The summed E-state index contributed by atoms with van der Waals surface area (Å²) in [6.07, 6.45) is 4.83. The smallest absolute Gasteiger partial charge is 0.314 e. The summed E-state index contributed by atoms with van der Waals surface area (Å²) < 4.78 is 0. The van der Waals surface area contributed by atoms with Crippen molar-refractivity contribution in [1.29, 1.82) is 0 Å². The number of carbonyl (C=O) groups is 3. The van der Waals surface area contributed by atoms with Gasteiger partial charge in [-0.3, -0.25) is 9.59 Å². The second-order valence-corrected chi connectivity index (χ2v) is 6.05. The highest BCUT2D eigenvalue weighted by atomic mass is 16.4. The van der Waals surface area contributed by atoms with Gasteiger partial charge in [-0.15, -0.1) is 0 Å². The van der Waals surface area contributed by atoms with Crippen LogP contribution in [0, 0.1) is 17.8 Å². The Morgan fingerprint density at radius 1 is 1.17 bits per heavy atom. The number of hydrogen-bond donors (Lipinski definition) is 4. The Kier molecular flexibility index (Phi) is 8.49. The lowest BCUT2D eigenvalue weighted by atomic mass is 9.81. The molecule has 134 valence electrons. The van der Waals surface area contributed by atoms with Gasteiger partial charge in [0.1, 0.15) is 0 Å². The molecule has 9 nitrogen and oxygen atoms in total. The summed E-state index contributed by atoms with van der Waals surface area (Å²) in [6.45, 7) is 0.667. The van der Waals surface area contributed by atoms with Gasteiger partial charge < -0.3 is 20.8 Å². The molecule has 0 spiro atoms. The van der Waals surface area contributed by atoms with E-state index in [1.165, 1.54) is 6.08 Å². The van der Waals surface area contributed by atoms with Crippen molar-refractivity contribution in [3.63, 3.8) is 0 Å². The van der Waals surface area contributed by atoms with E-state index < -0.39 is 30.3 Å². The number of aliphatic carboxylic acids is 2. The first kappa shape index (κ1) is 19.6. The third-order valence-corrected chi connectivity index (χ3v) is 4.14. The van der Waals surface area contributed by atoms with Gasteiger partial charge in [0.2, 0.25) is 6.08 Å². The second kappa shape index (κ2) is 10.4. The summed E-state index contributed by atoms with van der Waals surface area (Å²) in [5.74, 6) is -3.04. The maximum absolute atomic E-state index is 11.7. The van der Waals surface area contributed by atoms with Crippen molar-refractivity contribution in [3.8, 4) is 0 Å². The predicted molar refractivity (Wildman–Crippen MR) is 83.2 cm³/mol. The van der Waals surface area contributed by atoms with E-state index in [-0.39, 0.29) is 12.5 Å². The molecule has 3 atom stereocenters. The highest BCUT2D eigenvalue weighted by Gasteiger charge is 2.23. The van der Waals surface area contributed by atoms with Crippen LogP contribution in [0.1, 0.15) is 32.1 Å². The molecule has 9 heteroatoms. The molecular formula is C15H23N3O6. The topological polar surface area (TPSA) is 145 Å². The molecule has 1 rings (SSSR count). The van der Waals surface area contributed by atoms with E-state index in [1.54, 1.807) is 0 Å². The summed E-state index contributed by atoms with van der Waals surface area (Å²) in [5.41, 5.74) is 0. The zero-order valence-corrected chi connectivity index (χ0v) is 13.4. The van der Waals surface area contributed by atoms with Crippen LogP contribution in [0.2, 0.25) is 0 Å². The average molecular weight is 341 g/mol. The van der Waals surface area contributed by atoms with Crippen molar-refractivity contribution < 1.29 is 29.4 Å². The summed E-state index contributed by atoms with van der Waals surface area (Å²) >= 11 is 0. The number of amides is 2. The van der Waals surface area contributed by atoms with Gasteiger partial charge in [-0.05, 0) is 31.1 Å². The molecule has 0 aromatic carbocycles. The van der Waals surface area contributed by atoms with Gasteiger partial charge >= 0.3 is 18.0 Å². The Morgan fingerprint density at radius 2 is 1.88 bits per heavy atom. The Bertz CT molecular complexity index is 503. The average Bonchev–Trinajstić information content (AvgIpc) is 2.54. The number of carboxylic acid groups (broad SMARTS) is 2. The van der Waals surface area contributed by atoms with Crippen LogP contribution < -0.4 is 10.6 Å². The lowest BCUT2D eigenvalue weighted by molar-refractivity contribution is -0.148. The minimum atomic E-state index is -1.26. The fourth-order valence-electron chi connectivity index (χ4n) is 2.89. The molecule has 2 amide bonds. The first-order valence-corrected chi connectivity index (χ1v) is 7.92. The van der Waals surface area contributed by atoms with Crippen molar-refractivity contribution in [2.45, 2.75) is 32.1 Å². The number of rotatable bonds is 9. The second-order valence-electron chi connectivity index (χ2n) is 6.05. The van der Waals surface area contributed by atoms with Crippen LogP contribution in [-0.4, -0.2) is 53.9 Å². The number of urea groups is 1. The first-order valence-electron chi connectivity index (χ1n) is 7.92. The fourth-order valence-corrected chi connectivity index (χ4v) is 2.89. The number of nitrogens with one attached hydrogen (secondary N) is 2. The fraction of sp³-hybridized carbons (Fsp3) is 0.733. The zero-order chi connectivity index (χ0) is 17.9. The van der Waals surface area contributed by atoms with Crippen LogP contribution in [0.25, 0.3) is 0 Å². The highest BCUT2D eigenvalue weighted by Crippen LogP contribution is 2.28. The predicted octanol–water partition coefficient (Wildman–Crippen LogP) is 0.603. The van der Waals surface area contributed by atoms with Crippen LogP contribution in [0.3, 0.4) is 0 Å². The molecule has 1 fully saturated rings. The number of carbonyl (C=O) groups excluding carboxylic acids is 2. The first-order chi connectivity index (χ1) is 11.4. The molecule has 0 aromatic heterocycles. The third kappa shape index (κ3) is 7.73. The monoisotopic (exact) mass is 341 g/mol. The summed E-state index contributed by atoms with van der Waals surface area (Å²) in [7, 11) is 0. The molecule has 1 saturated carbocycles. The van der Waals surface area contributed by atoms with E-state index in [1.807, 2.05) is 0 Å². The van der Waals surface area contributed by atoms with Crippen molar-refractivity contribution in [2.24, 2.45) is 22.7 Å².